The molecule has 2 aliphatic rings. The van der Waals surface area contributed by atoms with Gasteiger partial charge >= 0.3 is 0 Å². The molecule has 1 saturated heterocycles. The number of aliphatic hydroxyl groups excluding tert-OH is 1. The zero-order chi connectivity index (χ0) is 19.8. The fourth-order valence-electron chi connectivity index (χ4n) is 4.88. The Labute approximate surface area is 170 Å². The van der Waals surface area contributed by atoms with E-state index >= 15 is 0 Å². The Balaban J connectivity index is 1.25. The summed E-state index contributed by atoms with van der Waals surface area (Å²) in [5, 5.41) is 20.0. The summed E-state index contributed by atoms with van der Waals surface area (Å²) in [6.45, 7) is 1.87. The molecule has 0 bridgehead atoms. The summed E-state index contributed by atoms with van der Waals surface area (Å²) in [6, 6.07) is 18.6. The van der Waals surface area contributed by atoms with Crippen LogP contribution in [0, 0.1) is 17.2 Å². The summed E-state index contributed by atoms with van der Waals surface area (Å²) < 4.78 is 2.21. The van der Waals surface area contributed by atoms with Crippen LogP contribution in [0.4, 0.5) is 5.69 Å². The van der Waals surface area contributed by atoms with Gasteiger partial charge in [0.05, 0.1) is 42.0 Å². The molecule has 1 fully saturated rings. The first kappa shape index (κ1) is 18.0. The van der Waals surface area contributed by atoms with Crippen molar-refractivity contribution in [2.45, 2.75) is 31.4 Å². The highest BCUT2D eigenvalue weighted by atomic mass is 16.3. The minimum atomic E-state index is -0.329. The number of fused-ring (bicyclic) bond motifs is 3. The normalized spacial score (nSPS) is 19.4. The summed E-state index contributed by atoms with van der Waals surface area (Å²) in [6.07, 6.45) is 6.16. The Morgan fingerprint density at radius 2 is 1.86 bits per heavy atom. The molecular formula is C24H24N4O. The van der Waals surface area contributed by atoms with Gasteiger partial charge in [0.15, 0.2) is 0 Å². The van der Waals surface area contributed by atoms with Crippen molar-refractivity contribution < 1.29 is 5.11 Å². The summed E-state index contributed by atoms with van der Waals surface area (Å²) in [5.74, 6) is 0.310. The minimum absolute atomic E-state index is 0.162. The molecule has 0 spiro atoms. The van der Waals surface area contributed by atoms with Crippen molar-refractivity contribution in [2.75, 3.05) is 18.0 Å². The second-order valence-corrected chi connectivity index (χ2v) is 8.08. The lowest BCUT2D eigenvalue weighted by molar-refractivity contribution is 0.0757. The van der Waals surface area contributed by atoms with Gasteiger partial charge in [-0.15, -0.1) is 0 Å². The minimum Gasteiger partial charge on any atom is -0.393 e. The van der Waals surface area contributed by atoms with Crippen LogP contribution in [0.25, 0.3) is 11.3 Å². The largest absolute Gasteiger partial charge is 0.393 e. The third kappa shape index (κ3) is 3.20. The van der Waals surface area contributed by atoms with Gasteiger partial charge in [-0.2, -0.15) is 5.26 Å². The van der Waals surface area contributed by atoms with Crippen molar-refractivity contribution >= 4 is 5.69 Å². The van der Waals surface area contributed by atoms with Gasteiger partial charge in [0.1, 0.15) is 0 Å². The Morgan fingerprint density at radius 1 is 1.10 bits per heavy atom. The standard InChI is InChI=1S/C24H24N4O/c25-14-17-5-7-19(8-6-17)27-11-9-18(10-12-27)24(29)13-22-20-3-1-2-4-21(20)23-15-26-16-28(22)23/h1-8,15-16,18,22,24,29H,9-13H2. The Hall–Kier alpha value is -3.10. The van der Waals surface area contributed by atoms with Gasteiger partial charge < -0.3 is 14.6 Å². The van der Waals surface area contributed by atoms with E-state index in [0.717, 1.165) is 43.7 Å². The van der Waals surface area contributed by atoms with Crippen molar-refractivity contribution in [3.63, 3.8) is 0 Å². The SMILES string of the molecule is N#Cc1ccc(N2CCC(C(O)CC3c4ccccc4-c4cncn43)CC2)cc1. The maximum Gasteiger partial charge on any atom is 0.0991 e. The van der Waals surface area contributed by atoms with E-state index in [-0.39, 0.29) is 12.1 Å². The van der Waals surface area contributed by atoms with Crippen LogP contribution in [0.5, 0.6) is 0 Å². The third-order valence-corrected chi connectivity index (χ3v) is 6.51. The van der Waals surface area contributed by atoms with Crippen LogP contribution in [0.3, 0.4) is 0 Å². The number of aromatic nitrogens is 2. The lowest BCUT2D eigenvalue weighted by atomic mass is 9.86. The van der Waals surface area contributed by atoms with Gasteiger partial charge in [-0.05, 0) is 55.0 Å². The molecule has 0 amide bonds. The average molecular weight is 384 g/mol. The molecule has 3 heterocycles. The van der Waals surface area contributed by atoms with Crippen LogP contribution in [0.2, 0.25) is 0 Å². The quantitative estimate of drug-likeness (QED) is 0.739. The van der Waals surface area contributed by atoms with E-state index in [0.29, 0.717) is 11.5 Å². The van der Waals surface area contributed by atoms with E-state index < -0.39 is 0 Å². The van der Waals surface area contributed by atoms with E-state index in [2.05, 4.69) is 44.8 Å². The summed E-state index contributed by atoms with van der Waals surface area (Å²) >= 11 is 0. The van der Waals surface area contributed by atoms with Crippen LogP contribution >= 0.6 is 0 Å². The fraction of sp³-hybridized carbons (Fsp3) is 0.333. The molecule has 146 valence electrons. The number of hydrogen-bond donors (Lipinski definition) is 1. The Kier molecular flexibility index (Phi) is 4.57. The molecule has 2 atom stereocenters. The predicted molar refractivity (Wildman–Crippen MR) is 113 cm³/mol. The van der Waals surface area contributed by atoms with Crippen molar-refractivity contribution in [3.05, 3.63) is 72.2 Å². The molecule has 5 rings (SSSR count). The van der Waals surface area contributed by atoms with Crippen molar-refractivity contribution in [3.8, 4) is 17.3 Å². The van der Waals surface area contributed by atoms with E-state index in [1.165, 1.54) is 11.1 Å². The first-order chi connectivity index (χ1) is 14.2. The molecule has 5 heteroatoms. The predicted octanol–water partition coefficient (Wildman–Crippen LogP) is 3.99. The first-order valence-electron chi connectivity index (χ1n) is 10.3. The number of anilines is 1. The molecule has 0 radical (unpaired) electrons. The average Bonchev–Trinajstić information content (AvgIpc) is 3.37. The molecule has 5 nitrogen and oxygen atoms in total. The number of nitriles is 1. The van der Waals surface area contributed by atoms with Crippen LogP contribution in [0.1, 0.15) is 36.4 Å². The number of imidazole rings is 1. The second-order valence-electron chi connectivity index (χ2n) is 8.08. The Morgan fingerprint density at radius 3 is 2.62 bits per heavy atom. The monoisotopic (exact) mass is 384 g/mol. The fourth-order valence-corrected chi connectivity index (χ4v) is 4.88. The molecule has 0 aliphatic carbocycles. The van der Waals surface area contributed by atoms with Crippen molar-refractivity contribution in [1.82, 2.24) is 9.55 Å². The number of nitrogens with zero attached hydrogens (tertiary/aromatic N) is 4. The topological polar surface area (TPSA) is 65.1 Å². The third-order valence-electron chi connectivity index (χ3n) is 6.51. The van der Waals surface area contributed by atoms with Gasteiger partial charge in [0, 0.05) is 24.3 Å². The maximum absolute atomic E-state index is 11.1. The van der Waals surface area contributed by atoms with Crippen LogP contribution in [-0.2, 0) is 0 Å². The van der Waals surface area contributed by atoms with Gasteiger partial charge in [-0.1, -0.05) is 24.3 Å². The zero-order valence-electron chi connectivity index (χ0n) is 16.3. The van der Waals surface area contributed by atoms with E-state index in [4.69, 9.17) is 5.26 Å². The van der Waals surface area contributed by atoms with Crippen LogP contribution < -0.4 is 4.90 Å². The van der Waals surface area contributed by atoms with Crippen LogP contribution in [0.15, 0.2) is 61.1 Å². The smallest absolute Gasteiger partial charge is 0.0991 e. The molecule has 2 aliphatic heterocycles. The summed E-state index contributed by atoms with van der Waals surface area (Å²) in [7, 11) is 0. The molecule has 2 unspecified atom stereocenters. The molecule has 3 aromatic rings. The zero-order valence-corrected chi connectivity index (χ0v) is 16.3. The highest BCUT2D eigenvalue weighted by molar-refractivity contribution is 5.68. The molecule has 1 N–H and O–H groups in total. The van der Waals surface area contributed by atoms with E-state index in [9.17, 15) is 5.11 Å². The number of rotatable bonds is 4. The molecule has 29 heavy (non-hydrogen) atoms. The summed E-state index contributed by atoms with van der Waals surface area (Å²) in [4.78, 5) is 6.67. The number of aliphatic hydroxyl groups is 1. The van der Waals surface area contributed by atoms with Crippen molar-refractivity contribution in [1.29, 1.82) is 5.26 Å². The lowest BCUT2D eigenvalue weighted by Crippen LogP contribution is -2.38. The molecular weight excluding hydrogens is 360 g/mol. The highest BCUT2D eigenvalue weighted by Gasteiger charge is 2.33. The van der Waals surface area contributed by atoms with Gasteiger partial charge in [0.2, 0.25) is 0 Å². The maximum atomic E-state index is 11.1. The lowest BCUT2D eigenvalue weighted by Gasteiger charge is -2.36. The number of piperidine rings is 1. The number of hydrogen-bond acceptors (Lipinski definition) is 4. The summed E-state index contributed by atoms with van der Waals surface area (Å²) in [5.41, 5.74) is 5.52. The Bertz CT molecular complexity index is 1040. The molecule has 1 aromatic heterocycles. The van der Waals surface area contributed by atoms with E-state index in [1.807, 2.05) is 36.8 Å². The van der Waals surface area contributed by atoms with Crippen LogP contribution in [-0.4, -0.2) is 33.9 Å². The van der Waals surface area contributed by atoms with Gasteiger partial charge in [-0.3, -0.25) is 0 Å². The highest BCUT2D eigenvalue weighted by Crippen LogP contribution is 2.42. The molecule has 2 aromatic carbocycles. The first-order valence-corrected chi connectivity index (χ1v) is 10.3. The van der Waals surface area contributed by atoms with Gasteiger partial charge in [-0.25, -0.2) is 4.98 Å². The van der Waals surface area contributed by atoms with Gasteiger partial charge in [0.25, 0.3) is 0 Å². The molecule has 0 saturated carbocycles. The second kappa shape index (κ2) is 7.38. The van der Waals surface area contributed by atoms with E-state index in [1.54, 1.807) is 0 Å². The van der Waals surface area contributed by atoms with Crippen molar-refractivity contribution in [2.24, 2.45) is 5.92 Å². The number of benzene rings is 2.